The molecule has 16 heavy (non-hydrogen) atoms. The van der Waals surface area contributed by atoms with Crippen molar-refractivity contribution in [2.24, 2.45) is 5.73 Å². The topological polar surface area (TPSA) is 35.2 Å². The fourth-order valence-electron chi connectivity index (χ4n) is 1.56. The summed E-state index contributed by atoms with van der Waals surface area (Å²) in [5.74, 6) is -0.110. The number of rotatable bonds is 6. The third kappa shape index (κ3) is 3.35. The van der Waals surface area contributed by atoms with Crippen LogP contribution in [0.3, 0.4) is 0 Å². The van der Waals surface area contributed by atoms with E-state index in [1.54, 1.807) is 12.1 Å². The zero-order chi connectivity index (χ0) is 12.0. The quantitative estimate of drug-likeness (QED) is 0.593. The Morgan fingerprint density at radius 1 is 1.56 bits per heavy atom. The van der Waals surface area contributed by atoms with Gasteiger partial charge in [-0.3, -0.25) is 0 Å². The Hall–Kier alpha value is -1.35. The van der Waals surface area contributed by atoms with Crippen LogP contribution in [0, 0.1) is 5.82 Å². The summed E-state index contributed by atoms with van der Waals surface area (Å²) in [6.45, 7) is 3.65. The molecule has 1 aromatic carbocycles. The van der Waals surface area contributed by atoms with Crippen LogP contribution in [0.5, 0.6) is 5.75 Å². The predicted molar refractivity (Wildman–Crippen MR) is 63.9 cm³/mol. The monoisotopic (exact) mass is 223 g/mol. The molecule has 0 bridgehead atoms. The SMILES string of the molecule is C=CCCCC(N)c1ccc(OC)c(F)c1. The van der Waals surface area contributed by atoms with Crippen LogP contribution < -0.4 is 10.5 Å². The molecule has 0 aliphatic heterocycles. The number of hydrogen-bond donors (Lipinski definition) is 1. The molecule has 0 fully saturated rings. The van der Waals surface area contributed by atoms with Crippen molar-refractivity contribution in [2.75, 3.05) is 7.11 Å². The molecule has 1 atom stereocenters. The lowest BCUT2D eigenvalue weighted by molar-refractivity contribution is 0.385. The highest BCUT2D eigenvalue weighted by molar-refractivity contribution is 5.30. The van der Waals surface area contributed by atoms with Gasteiger partial charge in [0, 0.05) is 6.04 Å². The van der Waals surface area contributed by atoms with Crippen LogP contribution in [-0.4, -0.2) is 7.11 Å². The van der Waals surface area contributed by atoms with E-state index in [0.717, 1.165) is 24.8 Å². The lowest BCUT2D eigenvalue weighted by Gasteiger charge is -2.12. The van der Waals surface area contributed by atoms with E-state index in [1.165, 1.54) is 13.2 Å². The van der Waals surface area contributed by atoms with Crippen LogP contribution in [0.25, 0.3) is 0 Å². The summed E-state index contributed by atoms with van der Waals surface area (Å²) < 4.78 is 18.3. The molecule has 0 saturated carbocycles. The molecular weight excluding hydrogens is 205 g/mol. The van der Waals surface area contributed by atoms with Gasteiger partial charge < -0.3 is 10.5 Å². The van der Waals surface area contributed by atoms with E-state index in [9.17, 15) is 4.39 Å². The minimum atomic E-state index is -0.362. The van der Waals surface area contributed by atoms with Gasteiger partial charge in [0.25, 0.3) is 0 Å². The molecule has 2 nitrogen and oxygen atoms in total. The van der Waals surface area contributed by atoms with E-state index in [2.05, 4.69) is 6.58 Å². The van der Waals surface area contributed by atoms with Crippen LogP contribution in [-0.2, 0) is 0 Å². The van der Waals surface area contributed by atoms with Crippen molar-refractivity contribution in [1.82, 2.24) is 0 Å². The number of allylic oxidation sites excluding steroid dienone is 1. The first-order valence-corrected chi connectivity index (χ1v) is 5.39. The lowest BCUT2D eigenvalue weighted by Crippen LogP contribution is -2.10. The first-order valence-electron chi connectivity index (χ1n) is 5.39. The summed E-state index contributed by atoms with van der Waals surface area (Å²) in [7, 11) is 1.45. The Morgan fingerprint density at radius 3 is 2.88 bits per heavy atom. The second kappa shape index (κ2) is 6.28. The highest BCUT2D eigenvalue weighted by atomic mass is 19.1. The Labute approximate surface area is 95.9 Å². The van der Waals surface area contributed by atoms with Crippen LogP contribution in [0.4, 0.5) is 4.39 Å². The highest BCUT2D eigenvalue weighted by Gasteiger charge is 2.09. The molecule has 2 N–H and O–H groups in total. The summed E-state index contributed by atoms with van der Waals surface area (Å²) in [6, 6.07) is 4.73. The van der Waals surface area contributed by atoms with E-state index in [-0.39, 0.29) is 17.6 Å². The molecular formula is C13H18FNO. The second-order valence-corrected chi connectivity index (χ2v) is 3.72. The third-order valence-electron chi connectivity index (χ3n) is 2.53. The summed E-state index contributed by atoms with van der Waals surface area (Å²) in [4.78, 5) is 0. The maximum Gasteiger partial charge on any atom is 0.165 e. The molecule has 0 aliphatic rings. The minimum Gasteiger partial charge on any atom is -0.494 e. The predicted octanol–water partition coefficient (Wildman–Crippen LogP) is 3.19. The number of benzene rings is 1. The molecule has 0 amide bonds. The minimum absolute atomic E-state index is 0.125. The number of hydrogen-bond acceptors (Lipinski definition) is 2. The van der Waals surface area contributed by atoms with E-state index in [1.807, 2.05) is 6.08 Å². The first kappa shape index (κ1) is 12.7. The Kier molecular flexibility index (Phi) is 4.99. The molecule has 0 heterocycles. The van der Waals surface area contributed by atoms with Crippen molar-refractivity contribution >= 4 is 0 Å². The van der Waals surface area contributed by atoms with Crippen molar-refractivity contribution in [2.45, 2.75) is 25.3 Å². The van der Waals surface area contributed by atoms with Crippen LogP contribution >= 0.6 is 0 Å². The van der Waals surface area contributed by atoms with Crippen LogP contribution in [0.2, 0.25) is 0 Å². The average molecular weight is 223 g/mol. The van der Waals surface area contributed by atoms with Gasteiger partial charge in [-0.25, -0.2) is 4.39 Å². The largest absolute Gasteiger partial charge is 0.494 e. The number of ether oxygens (including phenoxy) is 1. The Balaban J connectivity index is 2.65. The van der Waals surface area contributed by atoms with Gasteiger partial charge in [-0.1, -0.05) is 12.1 Å². The highest BCUT2D eigenvalue weighted by Crippen LogP contribution is 2.23. The van der Waals surface area contributed by atoms with Crippen LogP contribution in [0.15, 0.2) is 30.9 Å². The first-order chi connectivity index (χ1) is 7.69. The average Bonchev–Trinajstić information content (AvgIpc) is 2.29. The number of halogens is 1. The molecule has 3 heteroatoms. The van der Waals surface area contributed by atoms with E-state index < -0.39 is 0 Å². The summed E-state index contributed by atoms with van der Waals surface area (Å²) >= 11 is 0. The van der Waals surface area contributed by atoms with Crippen molar-refractivity contribution in [3.63, 3.8) is 0 Å². The molecule has 1 unspecified atom stereocenters. The number of nitrogens with two attached hydrogens (primary N) is 1. The summed E-state index contributed by atoms with van der Waals surface area (Å²) in [6.07, 6.45) is 4.60. The van der Waals surface area contributed by atoms with Gasteiger partial charge in [0.1, 0.15) is 0 Å². The second-order valence-electron chi connectivity index (χ2n) is 3.72. The Bertz CT molecular complexity index is 352. The van der Waals surface area contributed by atoms with Gasteiger partial charge in [-0.15, -0.1) is 6.58 Å². The fourth-order valence-corrected chi connectivity index (χ4v) is 1.56. The van der Waals surface area contributed by atoms with E-state index in [4.69, 9.17) is 10.5 Å². The van der Waals surface area contributed by atoms with Gasteiger partial charge in [0.15, 0.2) is 11.6 Å². The van der Waals surface area contributed by atoms with E-state index in [0.29, 0.717) is 0 Å². The Morgan fingerprint density at radius 2 is 2.31 bits per heavy atom. The van der Waals surface area contributed by atoms with Crippen molar-refractivity contribution in [3.8, 4) is 5.75 Å². The fraction of sp³-hybridized carbons (Fsp3) is 0.385. The lowest BCUT2D eigenvalue weighted by atomic mass is 10.0. The number of unbranched alkanes of at least 4 members (excludes halogenated alkanes) is 1. The third-order valence-corrected chi connectivity index (χ3v) is 2.53. The van der Waals surface area contributed by atoms with Crippen LogP contribution in [0.1, 0.15) is 30.9 Å². The van der Waals surface area contributed by atoms with Gasteiger partial charge in [-0.05, 0) is 37.0 Å². The van der Waals surface area contributed by atoms with Gasteiger partial charge in [0.05, 0.1) is 7.11 Å². The van der Waals surface area contributed by atoms with Gasteiger partial charge in [0.2, 0.25) is 0 Å². The van der Waals surface area contributed by atoms with Crippen molar-refractivity contribution in [3.05, 3.63) is 42.2 Å². The zero-order valence-corrected chi connectivity index (χ0v) is 9.58. The molecule has 0 saturated heterocycles. The van der Waals surface area contributed by atoms with E-state index >= 15 is 0 Å². The molecule has 88 valence electrons. The summed E-state index contributed by atoms with van der Waals surface area (Å²) in [5, 5.41) is 0. The van der Waals surface area contributed by atoms with Crippen molar-refractivity contribution in [1.29, 1.82) is 0 Å². The number of methoxy groups -OCH3 is 1. The maximum atomic E-state index is 13.4. The zero-order valence-electron chi connectivity index (χ0n) is 9.58. The normalized spacial score (nSPS) is 12.2. The summed E-state index contributed by atoms with van der Waals surface area (Å²) in [5.41, 5.74) is 6.76. The maximum absolute atomic E-state index is 13.4. The molecule has 0 spiro atoms. The molecule has 0 radical (unpaired) electrons. The smallest absolute Gasteiger partial charge is 0.165 e. The standard InChI is InChI=1S/C13H18FNO/c1-3-4-5-6-12(15)10-7-8-13(16-2)11(14)9-10/h3,7-9,12H,1,4-6,15H2,2H3. The molecule has 0 aromatic heterocycles. The van der Waals surface area contributed by atoms with Gasteiger partial charge >= 0.3 is 0 Å². The molecule has 1 aromatic rings. The van der Waals surface area contributed by atoms with Gasteiger partial charge in [-0.2, -0.15) is 0 Å². The van der Waals surface area contributed by atoms with Crippen molar-refractivity contribution < 1.29 is 9.13 Å². The molecule has 0 aliphatic carbocycles. The molecule has 1 rings (SSSR count).